The topological polar surface area (TPSA) is 168 Å². The van der Waals surface area contributed by atoms with Crippen LogP contribution in [-0.4, -0.2) is 78.0 Å². The van der Waals surface area contributed by atoms with Crippen molar-refractivity contribution in [1.29, 1.82) is 0 Å². The van der Waals surface area contributed by atoms with Crippen LogP contribution >= 0.6 is 0 Å². The lowest BCUT2D eigenvalue weighted by atomic mass is 10.3. The van der Waals surface area contributed by atoms with Gasteiger partial charge in [0.15, 0.2) is 5.76 Å². The molecule has 3 rings (SSSR count). The van der Waals surface area contributed by atoms with Crippen LogP contribution in [0.1, 0.15) is 31.2 Å². The molecule has 34 heavy (non-hydrogen) atoms. The third kappa shape index (κ3) is 4.87. The fraction of sp³-hybridized carbons (Fsp3) is 0.600. The van der Waals surface area contributed by atoms with Gasteiger partial charge >= 0.3 is 5.69 Å². The normalized spacial score (nSPS) is 15.0. The number of carbonyl (C=O) groups excluding carboxylic acids is 1. The smallest absolute Gasteiger partial charge is 0.330 e. The molecule has 0 spiro atoms. The number of amides is 1. The lowest BCUT2D eigenvalue weighted by Gasteiger charge is -2.35. The van der Waals surface area contributed by atoms with Crippen molar-refractivity contribution in [3.63, 3.8) is 0 Å². The quantitative estimate of drug-likeness (QED) is 0.488. The zero-order chi connectivity index (χ0) is 25.2. The summed E-state index contributed by atoms with van der Waals surface area (Å²) in [6.07, 6.45) is 1.55. The second-order valence-corrected chi connectivity index (χ2v) is 10.2. The third-order valence-corrected chi connectivity index (χ3v) is 8.00. The number of aromatic amines is 1. The number of aromatic nitrogens is 3. The van der Waals surface area contributed by atoms with E-state index in [1.165, 1.54) is 18.7 Å². The van der Waals surface area contributed by atoms with Crippen molar-refractivity contribution in [2.24, 2.45) is 0 Å². The number of nitrogens with one attached hydrogen (secondary N) is 1. The average Bonchev–Trinajstić information content (AvgIpc) is 3.12. The van der Waals surface area contributed by atoms with Gasteiger partial charge in [-0.1, -0.05) is 18.5 Å². The Morgan fingerprint density at radius 1 is 1.21 bits per heavy atom. The van der Waals surface area contributed by atoms with Crippen molar-refractivity contribution in [3.8, 4) is 0 Å². The maximum absolute atomic E-state index is 13.0. The van der Waals surface area contributed by atoms with E-state index in [1.54, 1.807) is 20.9 Å². The van der Waals surface area contributed by atoms with Crippen molar-refractivity contribution >= 4 is 27.4 Å². The SMILES string of the molecule is CCCCn1c(N)c(N(C)CC(=O)N2CCN(S(=O)(=O)c3c(C)noc3C)CC2)c(=O)[nH]c1=O. The number of nitrogen functional groups attached to an aromatic ring is 1. The van der Waals surface area contributed by atoms with Gasteiger partial charge in [0.2, 0.25) is 15.9 Å². The van der Waals surface area contributed by atoms with E-state index in [9.17, 15) is 22.8 Å². The van der Waals surface area contributed by atoms with Crippen LogP contribution in [0.2, 0.25) is 0 Å². The molecule has 1 amide bonds. The highest BCUT2D eigenvalue weighted by molar-refractivity contribution is 7.89. The van der Waals surface area contributed by atoms with Gasteiger partial charge in [0.05, 0.1) is 6.54 Å². The summed E-state index contributed by atoms with van der Waals surface area (Å²) in [5, 5.41) is 3.71. The second-order valence-electron chi connectivity index (χ2n) is 8.29. The summed E-state index contributed by atoms with van der Waals surface area (Å²) in [6.45, 7) is 5.90. The number of aryl methyl sites for hydroxylation is 2. The van der Waals surface area contributed by atoms with Crippen molar-refractivity contribution < 1.29 is 17.7 Å². The summed E-state index contributed by atoms with van der Waals surface area (Å²) in [7, 11) is -2.24. The number of piperazine rings is 1. The molecule has 1 fully saturated rings. The molecule has 1 aliphatic heterocycles. The van der Waals surface area contributed by atoms with Crippen LogP contribution in [-0.2, 0) is 21.4 Å². The fourth-order valence-corrected chi connectivity index (χ4v) is 5.73. The van der Waals surface area contributed by atoms with E-state index in [0.717, 1.165) is 6.42 Å². The zero-order valence-corrected chi connectivity index (χ0v) is 20.6. The Bertz CT molecular complexity index is 1250. The minimum absolute atomic E-state index is 0.00729. The highest BCUT2D eigenvalue weighted by Crippen LogP contribution is 2.24. The van der Waals surface area contributed by atoms with E-state index in [-0.39, 0.29) is 60.8 Å². The molecule has 0 radical (unpaired) electrons. The summed E-state index contributed by atoms with van der Waals surface area (Å²) in [5.41, 5.74) is 5.19. The maximum Gasteiger partial charge on any atom is 0.330 e. The van der Waals surface area contributed by atoms with E-state index in [2.05, 4.69) is 10.1 Å². The molecule has 0 aromatic carbocycles. The first kappa shape index (κ1) is 25.5. The van der Waals surface area contributed by atoms with Crippen LogP contribution in [0.25, 0.3) is 0 Å². The van der Waals surface area contributed by atoms with Crippen LogP contribution in [0.15, 0.2) is 19.0 Å². The molecular formula is C20H31N7O6S. The van der Waals surface area contributed by atoms with E-state index in [0.29, 0.717) is 18.7 Å². The second kappa shape index (κ2) is 10.0. The number of likely N-dealkylation sites (N-methyl/N-ethyl adjacent to an activating group) is 1. The van der Waals surface area contributed by atoms with Gasteiger partial charge in [-0.3, -0.25) is 19.1 Å². The largest absolute Gasteiger partial charge is 0.383 e. The number of carbonyl (C=O) groups is 1. The Hall–Kier alpha value is -3.13. The molecule has 0 bridgehead atoms. The number of anilines is 2. The number of hydrogen-bond acceptors (Lipinski definition) is 9. The summed E-state index contributed by atoms with van der Waals surface area (Å²) in [6, 6.07) is 0. The first-order valence-corrected chi connectivity index (χ1v) is 12.5. The van der Waals surface area contributed by atoms with Gasteiger partial charge in [0, 0.05) is 39.8 Å². The Morgan fingerprint density at radius 2 is 1.85 bits per heavy atom. The predicted molar refractivity (Wildman–Crippen MR) is 125 cm³/mol. The highest BCUT2D eigenvalue weighted by Gasteiger charge is 2.34. The van der Waals surface area contributed by atoms with Gasteiger partial charge in [0.25, 0.3) is 5.56 Å². The monoisotopic (exact) mass is 497 g/mol. The van der Waals surface area contributed by atoms with Gasteiger partial charge in [-0.05, 0) is 20.3 Å². The minimum Gasteiger partial charge on any atom is -0.383 e. The molecule has 2 aromatic heterocycles. The summed E-state index contributed by atoms with van der Waals surface area (Å²) < 4.78 is 33.5. The number of sulfonamides is 1. The molecule has 13 nitrogen and oxygen atoms in total. The van der Waals surface area contributed by atoms with Crippen LogP contribution in [0.4, 0.5) is 11.5 Å². The van der Waals surface area contributed by atoms with E-state index < -0.39 is 21.3 Å². The maximum atomic E-state index is 13.0. The zero-order valence-electron chi connectivity index (χ0n) is 19.8. The first-order valence-electron chi connectivity index (χ1n) is 11.0. The van der Waals surface area contributed by atoms with Gasteiger partial charge in [0.1, 0.15) is 22.1 Å². The Labute approximate surface area is 197 Å². The van der Waals surface area contributed by atoms with Gasteiger partial charge in [-0.2, -0.15) is 4.31 Å². The van der Waals surface area contributed by atoms with Crippen LogP contribution in [0.3, 0.4) is 0 Å². The summed E-state index contributed by atoms with van der Waals surface area (Å²) in [4.78, 5) is 42.7. The number of nitrogens with zero attached hydrogens (tertiary/aromatic N) is 5. The molecule has 0 saturated carbocycles. The van der Waals surface area contributed by atoms with Crippen LogP contribution in [0, 0.1) is 13.8 Å². The van der Waals surface area contributed by atoms with Crippen molar-refractivity contribution in [1.82, 2.24) is 23.9 Å². The standard InChI is InChI=1S/C20H31N7O6S/c1-5-6-7-27-18(21)16(19(29)22-20(27)30)24(4)12-15(28)25-8-10-26(11-9-25)34(31,32)17-13(2)23-33-14(17)3/h5-12,21H2,1-4H3,(H,22,29,30). The molecule has 3 N–H and O–H groups in total. The molecule has 2 aromatic rings. The van der Waals surface area contributed by atoms with Crippen LogP contribution < -0.4 is 21.9 Å². The highest BCUT2D eigenvalue weighted by atomic mass is 32.2. The molecule has 0 atom stereocenters. The van der Waals surface area contributed by atoms with Crippen LogP contribution in [0.5, 0.6) is 0 Å². The Morgan fingerprint density at radius 3 is 2.41 bits per heavy atom. The minimum atomic E-state index is -3.79. The first-order chi connectivity index (χ1) is 16.0. The number of unbranched alkanes of at least 4 members (excludes halogenated alkanes) is 1. The summed E-state index contributed by atoms with van der Waals surface area (Å²) in [5.74, 6) is -0.0596. The molecule has 0 aliphatic carbocycles. The Balaban J connectivity index is 1.69. The molecule has 14 heteroatoms. The molecule has 1 aliphatic rings. The molecule has 0 unspecified atom stereocenters. The van der Waals surface area contributed by atoms with Gasteiger partial charge in [-0.25, -0.2) is 13.2 Å². The lowest BCUT2D eigenvalue weighted by molar-refractivity contribution is -0.130. The van der Waals surface area contributed by atoms with Crippen molar-refractivity contribution in [3.05, 3.63) is 32.3 Å². The van der Waals surface area contributed by atoms with E-state index in [1.807, 2.05) is 6.92 Å². The summed E-state index contributed by atoms with van der Waals surface area (Å²) >= 11 is 0. The van der Waals surface area contributed by atoms with Crippen molar-refractivity contribution in [2.75, 3.05) is 50.4 Å². The predicted octanol–water partition coefficient (Wildman–Crippen LogP) is -0.507. The molecular weight excluding hydrogens is 466 g/mol. The number of hydrogen-bond donors (Lipinski definition) is 2. The molecule has 3 heterocycles. The Kier molecular flexibility index (Phi) is 7.51. The van der Waals surface area contributed by atoms with Gasteiger partial charge < -0.3 is 20.1 Å². The average molecular weight is 498 g/mol. The fourth-order valence-electron chi connectivity index (χ4n) is 4.02. The number of rotatable bonds is 8. The lowest BCUT2D eigenvalue weighted by Crippen LogP contribution is -2.52. The molecule has 1 saturated heterocycles. The van der Waals surface area contributed by atoms with Gasteiger partial charge in [-0.15, -0.1) is 0 Å². The molecule has 188 valence electrons. The van der Waals surface area contributed by atoms with Crippen molar-refractivity contribution in [2.45, 2.75) is 45.1 Å². The number of H-pyrrole nitrogens is 1. The third-order valence-electron chi connectivity index (χ3n) is 5.86. The number of nitrogens with two attached hydrogens (primary N) is 1. The van der Waals surface area contributed by atoms with E-state index >= 15 is 0 Å². The van der Waals surface area contributed by atoms with E-state index in [4.69, 9.17) is 10.3 Å².